The summed E-state index contributed by atoms with van der Waals surface area (Å²) in [6.07, 6.45) is 5.91. The number of nitrogens with two attached hydrogens (primary N) is 1. The summed E-state index contributed by atoms with van der Waals surface area (Å²) in [7, 11) is 0. The van der Waals surface area contributed by atoms with Crippen LogP contribution in [0.1, 0.15) is 30.5 Å². The third-order valence-electron chi connectivity index (χ3n) is 3.99. The van der Waals surface area contributed by atoms with Crippen molar-refractivity contribution in [3.8, 4) is 0 Å². The fourth-order valence-electron chi connectivity index (χ4n) is 2.59. The molecule has 1 fully saturated rings. The van der Waals surface area contributed by atoms with E-state index in [9.17, 15) is 0 Å². The maximum atomic E-state index is 6.05. The number of anilines is 2. The Morgan fingerprint density at radius 2 is 2.06 bits per heavy atom. The molecule has 0 spiro atoms. The molecule has 1 aromatic heterocycles. The molecule has 18 heavy (non-hydrogen) atoms. The van der Waals surface area contributed by atoms with Gasteiger partial charge in [-0.15, -0.1) is 0 Å². The zero-order chi connectivity index (χ0) is 12.4. The van der Waals surface area contributed by atoms with Gasteiger partial charge < -0.3 is 16.4 Å². The van der Waals surface area contributed by atoms with Crippen molar-refractivity contribution < 1.29 is 0 Å². The Morgan fingerprint density at radius 3 is 2.83 bits per heavy atom. The van der Waals surface area contributed by atoms with Crippen LogP contribution in [-0.4, -0.2) is 29.6 Å². The molecule has 0 unspecified atom stereocenters. The van der Waals surface area contributed by atoms with Crippen LogP contribution in [-0.2, 0) is 12.8 Å². The minimum absolute atomic E-state index is 0.653. The van der Waals surface area contributed by atoms with Gasteiger partial charge in [0.25, 0.3) is 0 Å². The summed E-state index contributed by atoms with van der Waals surface area (Å²) in [5, 5.41) is 6.70. The Labute approximate surface area is 108 Å². The smallest absolute Gasteiger partial charge is 0.224 e. The van der Waals surface area contributed by atoms with Crippen LogP contribution < -0.4 is 16.4 Å². The minimum atomic E-state index is 0.653. The SMILES string of the molecule is Nc1nc(NCC2CCC2)nc2c1CCNCC2. The van der Waals surface area contributed by atoms with Gasteiger partial charge in [-0.05, 0) is 31.7 Å². The molecule has 0 aromatic carbocycles. The largest absolute Gasteiger partial charge is 0.383 e. The Balaban J connectivity index is 1.74. The first-order valence-electron chi connectivity index (χ1n) is 6.93. The van der Waals surface area contributed by atoms with Gasteiger partial charge >= 0.3 is 0 Å². The quantitative estimate of drug-likeness (QED) is 0.741. The Morgan fingerprint density at radius 1 is 1.22 bits per heavy atom. The lowest BCUT2D eigenvalue weighted by Gasteiger charge is -2.25. The summed E-state index contributed by atoms with van der Waals surface area (Å²) < 4.78 is 0. The van der Waals surface area contributed by atoms with Crippen molar-refractivity contribution in [2.24, 2.45) is 5.92 Å². The molecule has 1 aliphatic heterocycles. The predicted octanol–water partition coefficient (Wildman–Crippen LogP) is 0.959. The molecule has 3 rings (SSSR count). The van der Waals surface area contributed by atoms with Gasteiger partial charge in [-0.3, -0.25) is 0 Å². The summed E-state index contributed by atoms with van der Waals surface area (Å²) in [5.41, 5.74) is 8.29. The molecule has 0 saturated heterocycles. The first kappa shape index (κ1) is 11.7. The highest BCUT2D eigenvalue weighted by atomic mass is 15.1. The Bertz CT molecular complexity index is 428. The van der Waals surface area contributed by atoms with Crippen molar-refractivity contribution >= 4 is 11.8 Å². The molecule has 1 aliphatic carbocycles. The summed E-state index contributed by atoms with van der Waals surface area (Å²) in [6.45, 7) is 2.93. The maximum Gasteiger partial charge on any atom is 0.224 e. The molecule has 2 heterocycles. The van der Waals surface area contributed by atoms with Crippen molar-refractivity contribution in [2.75, 3.05) is 30.7 Å². The van der Waals surface area contributed by atoms with E-state index in [1.54, 1.807) is 0 Å². The van der Waals surface area contributed by atoms with E-state index < -0.39 is 0 Å². The zero-order valence-electron chi connectivity index (χ0n) is 10.7. The van der Waals surface area contributed by atoms with E-state index in [-0.39, 0.29) is 0 Å². The lowest BCUT2D eigenvalue weighted by Crippen LogP contribution is -2.22. The van der Waals surface area contributed by atoms with E-state index in [0.717, 1.165) is 49.7 Å². The number of rotatable bonds is 3. The molecule has 0 radical (unpaired) electrons. The molecule has 1 saturated carbocycles. The van der Waals surface area contributed by atoms with Gasteiger partial charge in [0.15, 0.2) is 0 Å². The van der Waals surface area contributed by atoms with Gasteiger partial charge in [-0.25, -0.2) is 4.98 Å². The fraction of sp³-hybridized carbons (Fsp3) is 0.692. The topological polar surface area (TPSA) is 75.9 Å². The molecular formula is C13H21N5. The lowest BCUT2D eigenvalue weighted by molar-refractivity contribution is 0.333. The second kappa shape index (κ2) is 5.10. The van der Waals surface area contributed by atoms with Crippen LogP contribution >= 0.6 is 0 Å². The van der Waals surface area contributed by atoms with Crippen molar-refractivity contribution in [3.05, 3.63) is 11.3 Å². The summed E-state index contributed by atoms with van der Waals surface area (Å²) in [5.74, 6) is 2.16. The van der Waals surface area contributed by atoms with E-state index in [2.05, 4.69) is 20.6 Å². The Kier molecular flexibility index (Phi) is 3.32. The number of hydrogen-bond donors (Lipinski definition) is 3. The highest BCUT2D eigenvalue weighted by Gasteiger charge is 2.18. The highest BCUT2D eigenvalue weighted by Crippen LogP contribution is 2.26. The lowest BCUT2D eigenvalue weighted by atomic mass is 9.85. The van der Waals surface area contributed by atoms with Crippen LogP contribution in [0.2, 0.25) is 0 Å². The van der Waals surface area contributed by atoms with Crippen molar-refractivity contribution in [1.29, 1.82) is 0 Å². The molecule has 0 atom stereocenters. The maximum absolute atomic E-state index is 6.05. The number of aromatic nitrogens is 2. The van der Waals surface area contributed by atoms with E-state index in [4.69, 9.17) is 5.73 Å². The van der Waals surface area contributed by atoms with E-state index in [1.165, 1.54) is 19.3 Å². The third-order valence-corrected chi connectivity index (χ3v) is 3.99. The predicted molar refractivity (Wildman–Crippen MR) is 72.6 cm³/mol. The first-order chi connectivity index (χ1) is 8.83. The van der Waals surface area contributed by atoms with Gasteiger partial charge in [0.05, 0.1) is 5.69 Å². The van der Waals surface area contributed by atoms with Crippen LogP contribution in [0.15, 0.2) is 0 Å². The summed E-state index contributed by atoms with van der Waals surface area (Å²) in [4.78, 5) is 9.01. The van der Waals surface area contributed by atoms with Crippen LogP contribution in [0.4, 0.5) is 11.8 Å². The molecule has 5 nitrogen and oxygen atoms in total. The molecular weight excluding hydrogens is 226 g/mol. The molecule has 2 aliphatic rings. The van der Waals surface area contributed by atoms with Crippen LogP contribution in [0, 0.1) is 5.92 Å². The normalized spacial score (nSPS) is 19.8. The molecule has 0 amide bonds. The van der Waals surface area contributed by atoms with Gasteiger partial charge in [0.1, 0.15) is 5.82 Å². The van der Waals surface area contributed by atoms with Crippen LogP contribution in [0.3, 0.4) is 0 Å². The van der Waals surface area contributed by atoms with Crippen molar-refractivity contribution in [3.63, 3.8) is 0 Å². The van der Waals surface area contributed by atoms with Gasteiger partial charge in [-0.2, -0.15) is 4.98 Å². The van der Waals surface area contributed by atoms with Gasteiger partial charge in [0, 0.05) is 25.1 Å². The average molecular weight is 247 g/mol. The number of nitrogens with one attached hydrogen (secondary N) is 2. The second-order valence-electron chi connectivity index (χ2n) is 5.29. The third kappa shape index (κ3) is 2.41. The van der Waals surface area contributed by atoms with Crippen LogP contribution in [0.5, 0.6) is 0 Å². The van der Waals surface area contributed by atoms with Crippen molar-refractivity contribution in [1.82, 2.24) is 15.3 Å². The standard InChI is InChI=1S/C13H21N5/c14-12-10-4-6-15-7-5-11(10)17-13(18-12)16-8-9-2-1-3-9/h9,15H,1-8H2,(H3,14,16,17,18). The number of nitrogen functional groups attached to an aromatic ring is 1. The van der Waals surface area contributed by atoms with Crippen LogP contribution in [0.25, 0.3) is 0 Å². The fourth-order valence-corrected chi connectivity index (χ4v) is 2.59. The number of hydrogen-bond acceptors (Lipinski definition) is 5. The average Bonchev–Trinajstić information content (AvgIpc) is 2.52. The second-order valence-corrected chi connectivity index (χ2v) is 5.29. The van der Waals surface area contributed by atoms with E-state index in [1.807, 2.05) is 0 Å². The highest BCUT2D eigenvalue weighted by molar-refractivity contribution is 5.48. The van der Waals surface area contributed by atoms with E-state index >= 15 is 0 Å². The molecule has 5 heteroatoms. The monoisotopic (exact) mass is 247 g/mol. The van der Waals surface area contributed by atoms with Crippen molar-refractivity contribution in [2.45, 2.75) is 32.1 Å². The first-order valence-corrected chi connectivity index (χ1v) is 6.93. The summed E-state index contributed by atoms with van der Waals surface area (Å²) >= 11 is 0. The summed E-state index contributed by atoms with van der Waals surface area (Å²) in [6, 6.07) is 0. The minimum Gasteiger partial charge on any atom is -0.383 e. The Hall–Kier alpha value is -1.36. The zero-order valence-corrected chi connectivity index (χ0v) is 10.7. The molecule has 98 valence electrons. The molecule has 1 aromatic rings. The van der Waals surface area contributed by atoms with Gasteiger partial charge in [0.2, 0.25) is 5.95 Å². The van der Waals surface area contributed by atoms with E-state index in [0.29, 0.717) is 11.8 Å². The molecule has 4 N–H and O–H groups in total. The van der Waals surface area contributed by atoms with Gasteiger partial charge in [-0.1, -0.05) is 6.42 Å². The number of nitrogens with zero attached hydrogens (tertiary/aromatic N) is 2. The molecule has 0 bridgehead atoms. The number of fused-ring (bicyclic) bond motifs is 1.